The summed E-state index contributed by atoms with van der Waals surface area (Å²) in [5.74, 6) is -0.0416. The van der Waals surface area contributed by atoms with Gasteiger partial charge in [0.15, 0.2) is 0 Å². The number of nitriles is 1. The molecular weight excluding hydrogens is 298 g/mol. The molecular formula is C20H21N3O. The first kappa shape index (κ1) is 16.1. The third-order valence-corrected chi connectivity index (χ3v) is 4.29. The zero-order chi connectivity index (χ0) is 16.9. The van der Waals surface area contributed by atoms with Crippen molar-refractivity contribution in [2.24, 2.45) is 0 Å². The smallest absolute Gasteiger partial charge is 0.221 e. The average molecular weight is 319 g/mol. The summed E-state index contributed by atoms with van der Waals surface area (Å²) in [5, 5.41) is 11.6. The number of rotatable bonds is 4. The number of carbonyl (C=O) groups is 1. The molecule has 24 heavy (non-hydrogen) atoms. The molecule has 1 aliphatic heterocycles. The molecule has 1 aliphatic rings. The van der Waals surface area contributed by atoms with Crippen LogP contribution in [0.4, 0.5) is 11.4 Å². The van der Waals surface area contributed by atoms with Crippen molar-refractivity contribution in [3.63, 3.8) is 0 Å². The standard InChI is InChI=1S/C20H21N3O/c1-15(24)22-19-8-9-20-18(13-19)3-2-12-23(20)14-17-6-4-16(5-7-17)10-11-21/h4-9,13H,2-3,10,12,14H2,1H3,(H,22,24). The van der Waals surface area contributed by atoms with Crippen molar-refractivity contribution >= 4 is 17.3 Å². The van der Waals surface area contributed by atoms with Crippen LogP contribution in [0.25, 0.3) is 0 Å². The maximum Gasteiger partial charge on any atom is 0.221 e. The molecule has 0 atom stereocenters. The minimum Gasteiger partial charge on any atom is -0.367 e. The minimum atomic E-state index is -0.0416. The second kappa shape index (κ2) is 7.18. The van der Waals surface area contributed by atoms with Crippen LogP contribution in [0.1, 0.15) is 30.0 Å². The SMILES string of the molecule is CC(=O)Nc1ccc2c(c1)CCCN2Cc1ccc(CC#N)cc1. The number of anilines is 2. The van der Waals surface area contributed by atoms with Gasteiger partial charge in [0, 0.05) is 31.4 Å². The second-order valence-corrected chi connectivity index (χ2v) is 6.20. The minimum absolute atomic E-state index is 0.0416. The van der Waals surface area contributed by atoms with E-state index in [0.717, 1.165) is 37.2 Å². The van der Waals surface area contributed by atoms with E-state index in [9.17, 15) is 4.79 Å². The molecule has 0 saturated heterocycles. The number of hydrogen-bond donors (Lipinski definition) is 1. The van der Waals surface area contributed by atoms with Gasteiger partial charge in [-0.2, -0.15) is 5.26 Å². The molecule has 0 bridgehead atoms. The zero-order valence-corrected chi connectivity index (χ0v) is 13.9. The monoisotopic (exact) mass is 319 g/mol. The summed E-state index contributed by atoms with van der Waals surface area (Å²) in [6.07, 6.45) is 2.61. The summed E-state index contributed by atoms with van der Waals surface area (Å²) >= 11 is 0. The Kier molecular flexibility index (Phi) is 4.81. The van der Waals surface area contributed by atoms with Gasteiger partial charge < -0.3 is 10.2 Å². The van der Waals surface area contributed by atoms with Gasteiger partial charge in [0.05, 0.1) is 12.5 Å². The molecule has 1 heterocycles. The van der Waals surface area contributed by atoms with E-state index in [-0.39, 0.29) is 5.91 Å². The van der Waals surface area contributed by atoms with Gasteiger partial charge in [0.2, 0.25) is 5.91 Å². The first-order chi connectivity index (χ1) is 11.7. The van der Waals surface area contributed by atoms with Gasteiger partial charge in [-0.15, -0.1) is 0 Å². The highest BCUT2D eigenvalue weighted by atomic mass is 16.1. The van der Waals surface area contributed by atoms with E-state index in [1.165, 1.54) is 23.7 Å². The number of nitrogens with one attached hydrogen (secondary N) is 1. The molecule has 0 saturated carbocycles. The number of fused-ring (bicyclic) bond motifs is 1. The number of nitrogens with zero attached hydrogens (tertiary/aromatic N) is 2. The molecule has 3 rings (SSSR count). The number of hydrogen-bond acceptors (Lipinski definition) is 3. The van der Waals surface area contributed by atoms with Gasteiger partial charge in [-0.05, 0) is 47.7 Å². The fourth-order valence-corrected chi connectivity index (χ4v) is 3.19. The van der Waals surface area contributed by atoms with Gasteiger partial charge >= 0.3 is 0 Å². The highest BCUT2D eigenvalue weighted by Crippen LogP contribution is 2.30. The highest BCUT2D eigenvalue weighted by Gasteiger charge is 2.17. The molecule has 0 aromatic heterocycles. The molecule has 1 amide bonds. The summed E-state index contributed by atoms with van der Waals surface area (Å²) in [6.45, 7) is 3.42. The number of aryl methyl sites for hydroxylation is 1. The van der Waals surface area contributed by atoms with Crippen molar-refractivity contribution in [3.05, 3.63) is 59.2 Å². The van der Waals surface area contributed by atoms with Gasteiger partial charge in [0.1, 0.15) is 0 Å². The number of carbonyl (C=O) groups excluding carboxylic acids is 1. The van der Waals surface area contributed by atoms with Crippen LogP contribution in [-0.4, -0.2) is 12.5 Å². The Morgan fingerprint density at radius 3 is 2.67 bits per heavy atom. The lowest BCUT2D eigenvalue weighted by molar-refractivity contribution is -0.114. The van der Waals surface area contributed by atoms with E-state index >= 15 is 0 Å². The lowest BCUT2D eigenvalue weighted by Crippen LogP contribution is -2.28. The predicted molar refractivity (Wildman–Crippen MR) is 95.9 cm³/mol. The number of amides is 1. The predicted octanol–water partition coefficient (Wildman–Crippen LogP) is 3.66. The molecule has 0 unspecified atom stereocenters. The van der Waals surface area contributed by atoms with E-state index in [1.54, 1.807) is 0 Å². The summed E-state index contributed by atoms with van der Waals surface area (Å²) < 4.78 is 0. The Bertz CT molecular complexity index is 774. The Hall–Kier alpha value is -2.80. The quantitative estimate of drug-likeness (QED) is 0.935. The van der Waals surface area contributed by atoms with Gasteiger partial charge in [-0.1, -0.05) is 24.3 Å². The van der Waals surface area contributed by atoms with Gasteiger partial charge in [-0.25, -0.2) is 0 Å². The van der Waals surface area contributed by atoms with Gasteiger partial charge in [0.25, 0.3) is 0 Å². The van der Waals surface area contributed by atoms with Crippen molar-refractivity contribution in [1.29, 1.82) is 5.26 Å². The summed E-state index contributed by atoms with van der Waals surface area (Å²) in [4.78, 5) is 13.6. The fourth-order valence-electron chi connectivity index (χ4n) is 3.19. The van der Waals surface area contributed by atoms with Crippen molar-refractivity contribution in [2.75, 3.05) is 16.8 Å². The van der Waals surface area contributed by atoms with Crippen molar-refractivity contribution in [2.45, 2.75) is 32.7 Å². The molecule has 4 nitrogen and oxygen atoms in total. The Balaban J connectivity index is 1.76. The Morgan fingerprint density at radius 2 is 1.96 bits per heavy atom. The van der Waals surface area contributed by atoms with Crippen LogP contribution in [0.3, 0.4) is 0 Å². The van der Waals surface area contributed by atoms with Crippen LogP contribution in [0.5, 0.6) is 0 Å². The largest absolute Gasteiger partial charge is 0.367 e. The third-order valence-electron chi connectivity index (χ3n) is 4.29. The summed E-state index contributed by atoms with van der Waals surface area (Å²) in [5.41, 5.74) is 5.70. The van der Waals surface area contributed by atoms with Gasteiger partial charge in [-0.3, -0.25) is 4.79 Å². The maximum absolute atomic E-state index is 11.2. The van der Waals surface area contributed by atoms with Crippen LogP contribution in [0, 0.1) is 11.3 Å². The topological polar surface area (TPSA) is 56.1 Å². The normalized spacial score (nSPS) is 13.1. The van der Waals surface area contributed by atoms with E-state index in [1.807, 2.05) is 18.2 Å². The summed E-state index contributed by atoms with van der Waals surface area (Å²) in [7, 11) is 0. The Labute approximate surface area is 142 Å². The molecule has 0 fully saturated rings. The molecule has 2 aromatic rings. The summed E-state index contributed by atoms with van der Waals surface area (Å²) in [6, 6.07) is 16.6. The first-order valence-electron chi connectivity index (χ1n) is 8.26. The highest BCUT2D eigenvalue weighted by molar-refractivity contribution is 5.89. The van der Waals surface area contributed by atoms with E-state index in [4.69, 9.17) is 5.26 Å². The van der Waals surface area contributed by atoms with Crippen LogP contribution in [0.15, 0.2) is 42.5 Å². The fraction of sp³-hybridized carbons (Fsp3) is 0.300. The second-order valence-electron chi connectivity index (χ2n) is 6.20. The van der Waals surface area contributed by atoms with Crippen molar-refractivity contribution < 1.29 is 4.79 Å². The third kappa shape index (κ3) is 3.75. The molecule has 0 aliphatic carbocycles. The van der Waals surface area contributed by atoms with E-state index < -0.39 is 0 Å². The molecule has 4 heteroatoms. The molecule has 0 radical (unpaired) electrons. The molecule has 0 spiro atoms. The van der Waals surface area contributed by atoms with Crippen LogP contribution < -0.4 is 10.2 Å². The molecule has 122 valence electrons. The van der Waals surface area contributed by atoms with Crippen molar-refractivity contribution in [3.8, 4) is 6.07 Å². The van der Waals surface area contributed by atoms with Crippen LogP contribution >= 0.6 is 0 Å². The van der Waals surface area contributed by atoms with E-state index in [2.05, 4.69) is 40.6 Å². The van der Waals surface area contributed by atoms with Crippen LogP contribution in [-0.2, 0) is 24.2 Å². The number of benzene rings is 2. The Morgan fingerprint density at radius 1 is 1.21 bits per heavy atom. The van der Waals surface area contributed by atoms with E-state index in [0.29, 0.717) is 6.42 Å². The molecule has 2 aromatic carbocycles. The maximum atomic E-state index is 11.2. The molecule has 1 N–H and O–H groups in total. The lowest BCUT2D eigenvalue weighted by atomic mass is 10.00. The zero-order valence-electron chi connectivity index (χ0n) is 13.9. The van der Waals surface area contributed by atoms with Crippen molar-refractivity contribution in [1.82, 2.24) is 0 Å². The van der Waals surface area contributed by atoms with Crippen LogP contribution in [0.2, 0.25) is 0 Å². The average Bonchev–Trinajstić information content (AvgIpc) is 2.56. The first-order valence-corrected chi connectivity index (χ1v) is 8.26. The lowest BCUT2D eigenvalue weighted by Gasteiger charge is -2.32.